The van der Waals surface area contributed by atoms with Crippen LogP contribution in [0.2, 0.25) is 0 Å². The molecule has 1 aromatic rings. The van der Waals surface area contributed by atoms with Gasteiger partial charge in [-0.1, -0.05) is 0 Å². The fourth-order valence-electron chi connectivity index (χ4n) is 2.27. The smallest absolute Gasteiger partial charge is 0.191 e. The maximum Gasteiger partial charge on any atom is 0.191 e. The zero-order chi connectivity index (χ0) is 14.9. The van der Waals surface area contributed by atoms with E-state index in [1.165, 1.54) is 0 Å². The minimum absolute atomic E-state index is 0.463. The average Bonchev–Trinajstić information content (AvgIpc) is 3.04. The Morgan fingerprint density at radius 1 is 1.48 bits per heavy atom. The Hall–Kier alpha value is -1.60. The van der Waals surface area contributed by atoms with Gasteiger partial charge in [-0.05, 0) is 19.9 Å². The molecule has 1 aromatic heterocycles. The van der Waals surface area contributed by atoms with Gasteiger partial charge in [0, 0.05) is 38.4 Å². The van der Waals surface area contributed by atoms with Gasteiger partial charge in [-0.2, -0.15) is 5.10 Å². The summed E-state index contributed by atoms with van der Waals surface area (Å²) in [5.41, 5.74) is 1.01. The minimum atomic E-state index is 0.463. The predicted molar refractivity (Wildman–Crippen MR) is 83.3 cm³/mol. The Balaban J connectivity index is 1.79. The lowest BCUT2D eigenvalue weighted by molar-refractivity contribution is 0.0211. The number of rotatable bonds is 6. The standard InChI is InChI=1S/C14H26N6O/c1-3-15-14(17-11-13-4-5-18-19-13)16-10-12(2)20-6-8-21-9-7-20/h4-5,12H,3,6-11H2,1-2H3,(H,18,19)(H2,15,16,17). The third kappa shape index (κ3) is 5.35. The van der Waals surface area contributed by atoms with Gasteiger partial charge in [0.2, 0.25) is 0 Å². The molecule has 0 aliphatic carbocycles. The summed E-state index contributed by atoms with van der Waals surface area (Å²) in [4.78, 5) is 6.99. The molecule has 0 bridgehead atoms. The summed E-state index contributed by atoms with van der Waals surface area (Å²) in [6.45, 7) is 10.3. The van der Waals surface area contributed by atoms with E-state index in [1.54, 1.807) is 6.20 Å². The molecule has 1 saturated heterocycles. The number of nitrogens with one attached hydrogen (secondary N) is 3. The molecule has 2 rings (SSSR count). The highest BCUT2D eigenvalue weighted by atomic mass is 16.5. The number of guanidine groups is 1. The van der Waals surface area contributed by atoms with Crippen molar-refractivity contribution in [1.29, 1.82) is 0 Å². The van der Waals surface area contributed by atoms with Gasteiger partial charge in [0.25, 0.3) is 0 Å². The first kappa shape index (κ1) is 15.8. The van der Waals surface area contributed by atoms with Gasteiger partial charge in [0.15, 0.2) is 5.96 Å². The number of aromatic amines is 1. The first-order valence-electron chi connectivity index (χ1n) is 7.62. The molecular weight excluding hydrogens is 268 g/mol. The molecule has 0 amide bonds. The number of aliphatic imine (C=N–C) groups is 1. The van der Waals surface area contributed by atoms with E-state index in [-0.39, 0.29) is 0 Å². The van der Waals surface area contributed by atoms with Gasteiger partial charge in [0.1, 0.15) is 0 Å². The topological polar surface area (TPSA) is 77.6 Å². The minimum Gasteiger partial charge on any atom is -0.379 e. The van der Waals surface area contributed by atoms with Gasteiger partial charge >= 0.3 is 0 Å². The molecule has 1 fully saturated rings. The molecule has 2 heterocycles. The van der Waals surface area contributed by atoms with E-state index in [0.29, 0.717) is 12.6 Å². The first-order chi connectivity index (χ1) is 10.3. The van der Waals surface area contributed by atoms with E-state index >= 15 is 0 Å². The van der Waals surface area contributed by atoms with Crippen molar-refractivity contribution in [2.75, 3.05) is 39.4 Å². The molecule has 3 N–H and O–H groups in total. The van der Waals surface area contributed by atoms with E-state index in [1.807, 2.05) is 6.07 Å². The number of morpholine rings is 1. The molecule has 0 radical (unpaired) electrons. The predicted octanol–water partition coefficient (Wildman–Crippen LogP) is 0.186. The van der Waals surface area contributed by atoms with Crippen LogP contribution < -0.4 is 10.6 Å². The van der Waals surface area contributed by atoms with E-state index in [2.05, 4.69) is 44.6 Å². The Bertz CT molecular complexity index is 413. The van der Waals surface area contributed by atoms with Crippen molar-refractivity contribution in [1.82, 2.24) is 25.7 Å². The SMILES string of the molecule is CCNC(=NCc1ccn[nH]1)NCC(C)N1CCOCC1. The molecule has 7 heteroatoms. The summed E-state index contributed by atoms with van der Waals surface area (Å²) in [6, 6.07) is 2.40. The van der Waals surface area contributed by atoms with Crippen LogP contribution in [0.4, 0.5) is 0 Å². The molecule has 1 atom stereocenters. The number of aromatic nitrogens is 2. The fraction of sp³-hybridized carbons (Fsp3) is 0.714. The molecule has 1 aliphatic rings. The molecule has 7 nitrogen and oxygen atoms in total. The molecule has 1 unspecified atom stereocenters. The lowest BCUT2D eigenvalue weighted by Crippen LogP contribution is -2.49. The van der Waals surface area contributed by atoms with Crippen LogP contribution in [0.25, 0.3) is 0 Å². The highest BCUT2D eigenvalue weighted by molar-refractivity contribution is 5.79. The van der Waals surface area contributed by atoms with Crippen LogP contribution in [-0.2, 0) is 11.3 Å². The number of nitrogens with zero attached hydrogens (tertiary/aromatic N) is 3. The zero-order valence-corrected chi connectivity index (χ0v) is 12.9. The van der Waals surface area contributed by atoms with E-state index in [4.69, 9.17) is 4.74 Å². The van der Waals surface area contributed by atoms with Crippen LogP contribution in [0.3, 0.4) is 0 Å². The van der Waals surface area contributed by atoms with Crippen molar-refractivity contribution >= 4 is 5.96 Å². The molecule has 118 valence electrons. The third-order valence-electron chi connectivity index (χ3n) is 3.54. The number of hydrogen-bond donors (Lipinski definition) is 3. The quantitative estimate of drug-likeness (QED) is 0.515. The molecule has 0 aromatic carbocycles. The summed E-state index contributed by atoms with van der Waals surface area (Å²) < 4.78 is 5.39. The van der Waals surface area contributed by atoms with Crippen molar-refractivity contribution in [2.24, 2.45) is 4.99 Å². The third-order valence-corrected chi connectivity index (χ3v) is 3.54. The second kappa shape index (κ2) is 8.63. The van der Waals surface area contributed by atoms with E-state index < -0.39 is 0 Å². The Kier molecular flexibility index (Phi) is 6.49. The van der Waals surface area contributed by atoms with Gasteiger partial charge in [0.05, 0.1) is 25.5 Å². The Labute approximate surface area is 126 Å². The zero-order valence-electron chi connectivity index (χ0n) is 12.9. The molecular formula is C14H26N6O. The Morgan fingerprint density at radius 3 is 2.95 bits per heavy atom. The van der Waals surface area contributed by atoms with Crippen LogP contribution in [0.5, 0.6) is 0 Å². The van der Waals surface area contributed by atoms with Crippen molar-refractivity contribution in [3.05, 3.63) is 18.0 Å². The van der Waals surface area contributed by atoms with Crippen LogP contribution in [0.15, 0.2) is 17.3 Å². The highest BCUT2D eigenvalue weighted by Crippen LogP contribution is 2.02. The number of H-pyrrole nitrogens is 1. The summed E-state index contributed by atoms with van der Waals surface area (Å²) in [5.74, 6) is 0.840. The average molecular weight is 294 g/mol. The summed E-state index contributed by atoms with van der Waals surface area (Å²) in [5, 5.41) is 13.5. The van der Waals surface area contributed by atoms with Crippen molar-refractivity contribution in [3.63, 3.8) is 0 Å². The lowest BCUT2D eigenvalue weighted by atomic mass is 10.2. The van der Waals surface area contributed by atoms with E-state index in [0.717, 1.165) is 51.0 Å². The van der Waals surface area contributed by atoms with E-state index in [9.17, 15) is 0 Å². The van der Waals surface area contributed by atoms with Crippen molar-refractivity contribution in [3.8, 4) is 0 Å². The van der Waals surface area contributed by atoms with Crippen LogP contribution in [-0.4, -0.2) is 66.5 Å². The summed E-state index contributed by atoms with van der Waals surface area (Å²) in [6.07, 6.45) is 1.74. The summed E-state index contributed by atoms with van der Waals surface area (Å²) >= 11 is 0. The van der Waals surface area contributed by atoms with Gasteiger partial charge < -0.3 is 15.4 Å². The summed E-state index contributed by atoms with van der Waals surface area (Å²) in [7, 11) is 0. The Morgan fingerprint density at radius 2 is 2.29 bits per heavy atom. The second-order valence-corrected chi connectivity index (χ2v) is 5.16. The molecule has 21 heavy (non-hydrogen) atoms. The van der Waals surface area contributed by atoms with Crippen molar-refractivity contribution in [2.45, 2.75) is 26.4 Å². The molecule has 0 spiro atoms. The normalized spacial score (nSPS) is 18.5. The fourth-order valence-corrected chi connectivity index (χ4v) is 2.27. The molecule has 1 aliphatic heterocycles. The van der Waals surface area contributed by atoms with Gasteiger partial charge in [-0.3, -0.25) is 10.00 Å². The van der Waals surface area contributed by atoms with Crippen LogP contribution in [0.1, 0.15) is 19.5 Å². The first-order valence-corrected chi connectivity index (χ1v) is 7.62. The highest BCUT2D eigenvalue weighted by Gasteiger charge is 2.16. The van der Waals surface area contributed by atoms with Gasteiger partial charge in [-0.25, -0.2) is 4.99 Å². The maximum atomic E-state index is 5.39. The van der Waals surface area contributed by atoms with Crippen LogP contribution in [0, 0.1) is 0 Å². The van der Waals surface area contributed by atoms with Crippen LogP contribution >= 0.6 is 0 Å². The number of hydrogen-bond acceptors (Lipinski definition) is 4. The maximum absolute atomic E-state index is 5.39. The molecule has 0 saturated carbocycles. The van der Waals surface area contributed by atoms with Gasteiger partial charge in [-0.15, -0.1) is 0 Å². The second-order valence-electron chi connectivity index (χ2n) is 5.16. The largest absolute Gasteiger partial charge is 0.379 e. The number of ether oxygens (including phenoxy) is 1. The van der Waals surface area contributed by atoms with Crippen molar-refractivity contribution < 1.29 is 4.74 Å². The monoisotopic (exact) mass is 294 g/mol. The lowest BCUT2D eigenvalue weighted by Gasteiger charge is -2.32.